The summed E-state index contributed by atoms with van der Waals surface area (Å²) in [5.41, 5.74) is 20.7. The Labute approximate surface area is 545 Å². The van der Waals surface area contributed by atoms with Crippen molar-refractivity contribution in [3.63, 3.8) is 0 Å². The number of hydrogen-bond donors (Lipinski definition) is 0. The van der Waals surface area contributed by atoms with Crippen LogP contribution in [0.5, 0.6) is 0 Å². The Bertz CT molecular complexity index is 6190. The number of hydrogen-bond acceptors (Lipinski definition) is 4. The summed E-state index contributed by atoms with van der Waals surface area (Å²) in [4.78, 5) is 21.8. The third-order valence-electron chi connectivity index (χ3n) is 20.5. The van der Waals surface area contributed by atoms with Crippen molar-refractivity contribution in [2.75, 3.05) is 0 Å². The van der Waals surface area contributed by atoms with Gasteiger partial charge in [0.1, 0.15) is 22.7 Å². The number of rotatable bonds is 6. The van der Waals surface area contributed by atoms with Gasteiger partial charge in [0.15, 0.2) is 0 Å². The maximum absolute atomic E-state index is 5.84. The van der Waals surface area contributed by atoms with Crippen molar-refractivity contribution < 1.29 is 0 Å². The highest BCUT2D eigenvalue weighted by Gasteiger charge is 2.25. The van der Waals surface area contributed by atoms with Crippen molar-refractivity contribution in [3.05, 3.63) is 304 Å². The molecule has 13 aromatic carbocycles. The fraction of sp³-hybridized carbons (Fsp3) is 0. The van der Waals surface area contributed by atoms with Gasteiger partial charge in [-0.3, -0.25) is 19.1 Å². The van der Waals surface area contributed by atoms with E-state index in [9.17, 15) is 0 Å². The molecule has 9 aromatic heterocycles. The molecule has 0 radical (unpaired) electrons. The van der Waals surface area contributed by atoms with E-state index >= 15 is 0 Å². The number of benzene rings is 13. The van der Waals surface area contributed by atoms with E-state index in [0.717, 1.165) is 155 Å². The van der Waals surface area contributed by atoms with Crippen molar-refractivity contribution in [2.45, 2.75) is 0 Å². The van der Waals surface area contributed by atoms with Crippen molar-refractivity contribution >= 4 is 164 Å². The van der Waals surface area contributed by atoms with E-state index in [1.54, 1.807) is 12.4 Å². The Hall–Kier alpha value is -13.2. The largest absolute Gasteiger partial charge is 0.309 e. The summed E-state index contributed by atoms with van der Waals surface area (Å²) < 4.78 is 14.3. The number of fused-ring (bicyclic) bond motifs is 24. The highest BCUT2D eigenvalue weighted by atomic mass is 15.1. The summed E-state index contributed by atoms with van der Waals surface area (Å²) in [6, 6.07) is 106. The second-order valence-electron chi connectivity index (χ2n) is 25.3. The second kappa shape index (κ2) is 19.2. The van der Waals surface area contributed by atoms with Gasteiger partial charge in [-0.15, -0.1) is 0 Å². The van der Waals surface area contributed by atoms with Gasteiger partial charge in [-0.1, -0.05) is 146 Å². The molecule has 9 heterocycles. The molecule has 0 saturated heterocycles. The van der Waals surface area contributed by atoms with Crippen LogP contribution in [0.3, 0.4) is 0 Å². The molecule has 10 heteroatoms. The van der Waals surface area contributed by atoms with E-state index in [4.69, 9.17) is 19.9 Å². The highest BCUT2D eigenvalue weighted by molar-refractivity contribution is 6.22. The summed E-state index contributed by atoms with van der Waals surface area (Å²) >= 11 is 0. The van der Waals surface area contributed by atoms with Crippen molar-refractivity contribution in [1.29, 1.82) is 0 Å². The van der Waals surface area contributed by atoms with Crippen LogP contribution >= 0.6 is 0 Å². The molecule has 444 valence electrons. The average Bonchev–Trinajstić information content (AvgIpc) is 1.43. The van der Waals surface area contributed by atoms with Crippen molar-refractivity contribution in [1.82, 2.24) is 47.3 Å². The number of para-hydroxylation sites is 8. The first-order valence-electron chi connectivity index (χ1n) is 32.6. The van der Waals surface area contributed by atoms with Crippen LogP contribution < -0.4 is 0 Å². The summed E-state index contributed by atoms with van der Waals surface area (Å²) in [7, 11) is 0. The maximum Gasteiger partial charge on any atom is 0.138 e. The van der Waals surface area contributed by atoms with E-state index < -0.39 is 0 Å². The molecule has 0 fully saturated rings. The molecule has 10 nitrogen and oxygen atoms in total. The van der Waals surface area contributed by atoms with Crippen molar-refractivity contribution in [3.8, 4) is 34.4 Å². The lowest BCUT2D eigenvalue weighted by Crippen LogP contribution is -2.02. The normalized spacial score (nSPS) is 12.4. The number of nitrogens with zero attached hydrogens (tertiary/aromatic N) is 10. The van der Waals surface area contributed by atoms with Gasteiger partial charge in [-0.2, -0.15) is 0 Å². The molecule has 0 unspecified atom stereocenters. The minimum absolute atomic E-state index is 0.735. The molecule has 0 N–H and O–H groups in total. The van der Waals surface area contributed by atoms with Crippen LogP contribution in [0.15, 0.2) is 304 Å². The first kappa shape index (κ1) is 51.4. The Morgan fingerprint density at radius 2 is 0.385 bits per heavy atom. The first-order valence-corrected chi connectivity index (χ1v) is 32.6. The Balaban J connectivity index is 0.791. The highest BCUT2D eigenvalue weighted by Crippen LogP contribution is 2.44. The molecule has 0 saturated carbocycles. The van der Waals surface area contributed by atoms with Crippen LogP contribution in [0.25, 0.3) is 198 Å². The van der Waals surface area contributed by atoms with E-state index in [2.05, 4.69) is 319 Å². The van der Waals surface area contributed by atoms with Crippen LogP contribution in [0.1, 0.15) is 0 Å². The minimum atomic E-state index is 0.735. The molecule has 0 bridgehead atoms. The third kappa shape index (κ3) is 6.97. The zero-order valence-corrected chi connectivity index (χ0v) is 51.3. The third-order valence-corrected chi connectivity index (χ3v) is 20.5. The summed E-state index contributed by atoms with van der Waals surface area (Å²) in [5.74, 6) is 1.53. The quantitative estimate of drug-likeness (QED) is 0.155. The molecule has 22 aromatic rings. The Kier molecular flexibility index (Phi) is 10.3. The number of aromatic nitrogens is 10. The van der Waals surface area contributed by atoms with E-state index in [-0.39, 0.29) is 0 Å². The van der Waals surface area contributed by atoms with Gasteiger partial charge in [0.05, 0.1) is 77.2 Å². The van der Waals surface area contributed by atoms with Crippen LogP contribution in [-0.4, -0.2) is 47.3 Å². The lowest BCUT2D eigenvalue weighted by atomic mass is 10.1. The molecule has 0 amide bonds. The summed E-state index contributed by atoms with van der Waals surface area (Å²) in [6.07, 6.45) is 3.55. The SMILES string of the molecule is c1ccc2c(c1)c1ccccc1n2-c1ccc2c(c1)c1cc(-n3c4ccccc4c4ccccc43)ccc1n2-c1ccc2c3nccnc3c3ccc(-n4c5ccc(-n6c7ccccc7c7ccccc76)cc5c5cc(-n6c7ccccc7c7ccccc76)ccc54)nc3c2n1. The van der Waals surface area contributed by atoms with Crippen LogP contribution in [0.4, 0.5) is 0 Å². The molecule has 0 aliphatic rings. The molecule has 0 aliphatic heterocycles. The zero-order valence-electron chi connectivity index (χ0n) is 51.3. The van der Waals surface area contributed by atoms with Crippen LogP contribution in [-0.2, 0) is 0 Å². The smallest absolute Gasteiger partial charge is 0.138 e. The molecule has 96 heavy (non-hydrogen) atoms. The summed E-state index contributed by atoms with van der Waals surface area (Å²) in [6.45, 7) is 0. The van der Waals surface area contributed by atoms with E-state index in [1.807, 2.05) is 0 Å². The molecule has 0 spiro atoms. The Morgan fingerprint density at radius 1 is 0.167 bits per heavy atom. The fourth-order valence-corrected chi connectivity index (χ4v) is 16.5. The topological polar surface area (TPSA) is 81.1 Å². The fourth-order valence-electron chi connectivity index (χ4n) is 16.5. The van der Waals surface area contributed by atoms with Gasteiger partial charge in [-0.25, -0.2) is 9.97 Å². The zero-order chi connectivity index (χ0) is 62.4. The van der Waals surface area contributed by atoms with Crippen LogP contribution in [0.2, 0.25) is 0 Å². The molecule has 0 aliphatic carbocycles. The predicted molar refractivity (Wildman–Crippen MR) is 396 cm³/mol. The summed E-state index contributed by atoms with van der Waals surface area (Å²) in [5, 5.41) is 15.9. The molecule has 22 rings (SSSR count). The van der Waals surface area contributed by atoms with Crippen LogP contribution in [0, 0.1) is 0 Å². The molecule has 0 atom stereocenters. The van der Waals surface area contributed by atoms with Gasteiger partial charge < -0.3 is 18.3 Å². The first-order chi connectivity index (χ1) is 47.6. The Morgan fingerprint density at radius 3 is 0.625 bits per heavy atom. The second-order valence-corrected chi connectivity index (χ2v) is 25.3. The minimum Gasteiger partial charge on any atom is -0.309 e. The monoisotopic (exact) mass is 1220 g/mol. The molecular formula is C86H50N10. The van der Waals surface area contributed by atoms with E-state index in [1.165, 1.54) is 43.1 Å². The van der Waals surface area contributed by atoms with Gasteiger partial charge in [0.25, 0.3) is 0 Å². The number of pyridine rings is 2. The van der Waals surface area contributed by atoms with Gasteiger partial charge in [0, 0.05) is 111 Å². The lowest BCUT2D eigenvalue weighted by Gasteiger charge is -2.14. The van der Waals surface area contributed by atoms with E-state index in [0.29, 0.717) is 0 Å². The van der Waals surface area contributed by atoms with Gasteiger partial charge in [-0.05, 0) is 146 Å². The van der Waals surface area contributed by atoms with Crippen molar-refractivity contribution in [2.24, 2.45) is 0 Å². The maximum atomic E-state index is 5.84. The molecular weight excluding hydrogens is 1170 g/mol. The average molecular weight is 1220 g/mol. The predicted octanol–water partition coefficient (Wildman–Crippen LogP) is 21.3. The standard InChI is InChI=1S/C86H50N10/c1-9-25-69-55(17-1)56-18-2-10-26-70(56)91(69)51-33-39-77-65(47-51)66-48-52(92-71-27-11-3-19-57(71)58-20-4-12-28-72(58)92)34-40-78(66)95(77)81-43-37-63-83-84(88-46-45-87-83)64-38-44-82(90-86(64)85(63)89-81)96-79-41-35-53(93-73-29-13-5-21-59(73)60-22-6-14-30-74(60)93)49-67(79)68-50-54(36-42-80(68)96)94-75-31-15-7-23-61(75)62-24-8-16-32-76(62)94/h1-50H. The van der Waals surface area contributed by atoms with Gasteiger partial charge in [0.2, 0.25) is 0 Å². The lowest BCUT2D eigenvalue weighted by molar-refractivity contribution is 1.09. The van der Waals surface area contributed by atoms with Gasteiger partial charge >= 0.3 is 0 Å².